The van der Waals surface area contributed by atoms with Crippen molar-refractivity contribution >= 4 is 11.8 Å². The monoisotopic (exact) mass is 370 g/mol. The minimum absolute atomic E-state index is 0.0682. The van der Waals surface area contributed by atoms with Gasteiger partial charge in [0.05, 0.1) is 13.2 Å². The Morgan fingerprint density at radius 1 is 1.37 bits per heavy atom. The Balaban J connectivity index is 1.51. The molecular weight excluding hydrogens is 344 g/mol. The molecule has 144 valence electrons. The highest BCUT2D eigenvalue weighted by Gasteiger charge is 2.30. The highest BCUT2D eigenvalue weighted by molar-refractivity contribution is 5.93. The number of aromatic nitrogens is 2. The summed E-state index contributed by atoms with van der Waals surface area (Å²) in [5, 5.41) is 9.86. The number of hydrogen-bond acceptors (Lipinski definition) is 4. The highest BCUT2D eigenvalue weighted by atomic mass is 16.5. The Bertz CT molecular complexity index is 798. The number of carbonyl (C=O) groups is 2. The number of aromatic amines is 1. The van der Waals surface area contributed by atoms with Crippen LogP contribution in [0.25, 0.3) is 0 Å². The van der Waals surface area contributed by atoms with Crippen LogP contribution < -0.4 is 10.1 Å². The van der Waals surface area contributed by atoms with Crippen LogP contribution in [0.15, 0.2) is 30.3 Å². The summed E-state index contributed by atoms with van der Waals surface area (Å²) in [6.45, 7) is 5.23. The minimum Gasteiger partial charge on any atom is -0.497 e. The lowest BCUT2D eigenvalue weighted by molar-refractivity contribution is -0.127. The third kappa shape index (κ3) is 4.67. The Morgan fingerprint density at radius 3 is 2.74 bits per heavy atom. The van der Waals surface area contributed by atoms with Gasteiger partial charge in [-0.05, 0) is 36.1 Å². The molecular formula is C20H26N4O3. The second-order valence-corrected chi connectivity index (χ2v) is 7.18. The molecule has 0 spiro atoms. The Hall–Kier alpha value is -2.83. The molecule has 7 heteroatoms. The molecule has 0 aliphatic carbocycles. The maximum absolute atomic E-state index is 12.4. The van der Waals surface area contributed by atoms with Crippen molar-refractivity contribution in [2.75, 3.05) is 20.2 Å². The van der Waals surface area contributed by atoms with Crippen molar-refractivity contribution in [3.05, 3.63) is 47.3 Å². The first-order chi connectivity index (χ1) is 13.0. The third-order valence-corrected chi connectivity index (χ3v) is 4.83. The van der Waals surface area contributed by atoms with E-state index in [1.807, 2.05) is 38.1 Å². The zero-order valence-electron chi connectivity index (χ0n) is 16.0. The van der Waals surface area contributed by atoms with Crippen LogP contribution in [0.4, 0.5) is 0 Å². The number of likely N-dealkylation sites (tertiary alicyclic amines) is 1. The predicted octanol–water partition coefficient (Wildman–Crippen LogP) is 2.12. The van der Waals surface area contributed by atoms with Crippen molar-refractivity contribution in [1.82, 2.24) is 20.4 Å². The Kier molecular flexibility index (Phi) is 5.78. The molecule has 1 aliphatic heterocycles. The number of hydrogen-bond donors (Lipinski definition) is 2. The number of nitrogens with one attached hydrogen (secondary N) is 2. The van der Waals surface area contributed by atoms with E-state index in [0.29, 0.717) is 25.2 Å². The van der Waals surface area contributed by atoms with Crippen molar-refractivity contribution in [2.24, 2.45) is 0 Å². The number of H-pyrrole nitrogens is 1. The van der Waals surface area contributed by atoms with Gasteiger partial charge in [0.2, 0.25) is 5.91 Å². The van der Waals surface area contributed by atoms with Gasteiger partial charge >= 0.3 is 0 Å². The molecule has 7 nitrogen and oxygen atoms in total. The summed E-state index contributed by atoms with van der Waals surface area (Å²) in [5.74, 6) is 0.921. The second kappa shape index (κ2) is 8.24. The van der Waals surface area contributed by atoms with Gasteiger partial charge < -0.3 is 15.0 Å². The van der Waals surface area contributed by atoms with Crippen molar-refractivity contribution in [1.29, 1.82) is 0 Å². The molecule has 1 saturated heterocycles. The van der Waals surface area contributed by atoms with Crippen LogP contribution >= 0.6 is 0 Å². The van der Waals surface area contributed by atoms with Gasteiger partial charge in [-0.15, -0.1) is 0 Å². The minimum atomic E-state index is -0.243. The number of nitrogens with zero attached hydrogens (tertiary/aromatic N) is 2. The molecule has 3 rings (SSSR count). The summed E-state index contributed by atoms with van der Waals surface area (Å²) >= 11 is 0. The number of amides is 2. The van der Waals surface area contributed by atoms with E-state index in [2.05, 4.69) is 15.5 Å². The van der Waals surface area contributed by atoms with Crippen LogP contribution in [0.1, 0.15) is 47.9 Å². The molecule has 2 amide bonds. The van der Waals surface area contributed by atoms with Crippen molar-refractivity contribution in [3.63, 3.8) is 0 Å². The molecule has 2 heterocycles. The summed E-state index contributed by atoms with van der Waals surface area (Å²) < 4.78 is 5.15. The lowest BCUT2D eigenvalue weighted by Gasteiger charge is -2.17. The lowest BCUT2D eigenvalue weighted by atomic mass is 10.1. The quantitative estimate of drug-likeness (QED) is 0.781. The number of rotatable bonds is 7. The second-order valence-electron chi connectivity index (χ2n) is 7.18. The standard InChI is InChI=1S/C20H26N4O3/c1-13(2)17-11-18(23-22-17)20(26)21-15-10-19(25)24(12-15)9-8-14-4-6-16(27-3)7-5-14/h4-7,11,13,15H,8-10,12H2,1-3H3,(H,21,26)(H,22,23)/t15-/m1/s1. The Morgan fingerprint density at radius 2 is 2.11 bits per heavy atom. The average molecular weight is 370 g/mol. The van der Waals surface area contributed by atoms with E-state index in [9.17, 15) is 9.59 Å². The molecule has 2 aromatic rings. The van der Waals surface area contributed by atoms with Gasteiger partial charge in [0.1, 0.15) is 11.4 Å². The number of benzene rings is 1. The van der Waals surface area contributed by atoms with E-state index in [1.165, 1.54) is 0 Å². The zero-order chi connectivity index (χ0) is 19.4. The highest BCUT2D eigenvalue weighted by Crippen LogP contribution is 2.16. The first kappa shape index (κ1) is 18.9. The average Bonchev–Trinajstić information content (AvgIpc) is 3.27. The maximum Gasteiger partial charge on any atom is 0.272 e. The Labute approximate surface area is 159 Å². The van der Waals surface area contributed by atoms with Crippen molar-refractivity contribution < 1.29 is 14.3 Å². The maximum atomic E-state index is 12.4. The topological polar surface area (TPSA) is 87.3 Å². The zero-order valence-corrected chi connectivity index (χ0v) is 16.0. The van der Waals surface area contributed by atoms with Crippen LogP contribution in [-0.4, -0.2) is 53.2 Å². The fourth-order valence-electron chi connectivity index (χ4n) is 3.15. The molecule has 1 aromatic carbocycles. The smallest absolute Gasteiger partial charge is 0.272 e. The first-order valence-corrected chi connectivity index (χ1v) is 9.23. The van der Waals surface area contributed by atoms with Gasteiger partial charge in [0.15, 0.2) is 0 Å². The van der Waals surface area contributed by atoms with Crippen LogP contribution in [0.2, 0.25) is 0 Å². The normalized spacial score (nSPS) is 16.8. The lowest BCUT2D eigenvalue weighted by Crippen LogP contribution is -2.37. The van der Waals surface area contributed by atoms with E-state index in [-0.39, 0.29) is 23.8 Å². The summed E-state index contributed by atoms with van der Waals surface area (Å²) in [7, 11) is 1.64. The van der Waals surface area contributed by atoms with Crippen LogP contribution in [0.3, 0.4) is 0 Å². The summed E-state index contributed by atoms with van der Waals surface area (Å²) in [6, 6.07) is 9.42. The van der Waals surface area contributed by atoms with E-state index >= 15 is 0 Å². The van der Waals surface area contributed by atoms with Crippen LogP contribution in [0, 0.1) is 0 Å². The number of carbonyl (C=O) groups excluding carboxylic acids is 2. The molecule has 1 aliphatic rings. The van der Waals surface area contributed by atoms with E-state index in [4.69, 9.17) is 4.74 Å². The van der Waals surface area contributed by atoms with Gasteiger partial charge in [0, 0.05) is 25.2 Å². The third-order valence-electron chi connectivity index (χ3n) is 4.83. The van der Waals surface area contributed by atoms with E-state index < -0.39 is 0 Å². The summed E-state index contributed by atoms with van der Waals surface area (Å²) in [6.07, 6.45) is 1.10. The van der Waals surface area contributed by atoms with E-state index in [1.54, 1.807) is 18.1 Å². The first-order valence-electron chi connectivity index (χ1n) is 9.23. The summed E-state index contributed by atoms with van der Waals surface area (Å²) in [4.78, 5) is 26.4. The SMILES string of the molecule is COc1ccc(CCN2C[C@H](NC(=O)c3cc(C(C)C)[nH]n3)CC2=O)cc1. The largest absolute Gasteiger partial charge is 0.497 e. The van der Waals surface area contributed by atoms with Crippen LogP contribution in [0.5, 0.6) is 5.75 Å². The van der Waals surface area contributed by atoms with E-state index in [0.717, 1.165) is 23.4 Å². The molecule has 1 aromatic heterocycles. The van der Waals surface area contributed by atoms with Gasteiger partial charge in [0.25, 0.3) is 5.91 Å². The molecule has 1 fully saturated rings. The number of methoxy groups -OCH3 is 1. The van der Waals surface area contributed by atoms with Crippen LogP contribution in [-0.2, 0) is 11.2 Å². The van der Waals surface area contributed by atoms with Gasteiger partial charge in [-0.3, -0.25) is 14.7 Å². The van der Waals surface area contributed by atoms with Gasteiger partial charge in [-0.1, -0.05) is 26.0 Å². The van der Waals surface area contributed by atoms with Crippen molar-refractivity contribution in [3.8, 4) is 5.75 Å². The number of ether oxygens (including phenoxy) is 1. The van der Waals surface area contributed by atoms with Gasteiger partial charge in [-0.25, -0.2) is 0 Å². The van der Waals surface area contributed by atoms with Gasteiger partial charge in [-0.2, -0.15) is 5.10 Å². The fraction of sp³-hybridized carbons (Fsp3) is 0.450. The molecule has 0 bridgehead atoms. The molecule has 1 atom stereocenters. The summed E-state index contributed by atoms with van der Waals surface area (Å²) in [5.41, 5.74) is 2.43. The van der Waals surface area contributed by atoms with Crippen molar-refractivity contribution in [2.45, 2.75) is 38.6 Å². The molecule has 0 saturated carbocycles. The molecule has 0 unspecified atom stereocenters. The molecule has 27 heavy (non-hydrogen) atoms. The fourth-order valence-corrected chi connectivity index (χ4v) is 3.15. The molecule has 0 radical (unpaired) electrons. The predicted molar refractivity (Wildman–Crippen MR) is 102 cm³/mol. The molecule has 2 N–H and O–H groups in total.